The van der Waals surface area contributed by atoms with Gasteiger partial charge in [-0.05, 0) is 67.2 Å². The molecule has 2 fully saturated rings. The molecule has 0 aromatic heterocycles. The van der Waals surface area contributed by atoms with E-state index in [1.807, 2.05) is 18.2 Å². The second-order valence-electron chi connectivity index (χ2n) is 12.8. The van der Waals surface area contributed by atoms with E-state index in [9.17, 15) is 9.59 Å². The summed E-state index contributed by atoms with van der Waals surface area (Å²) in [5.41, 5.74) is 0.436. The lowest BCUT2D eigenvalue weighted by Gasteiger charge is -2.37. The number of rotatable bonds is 7. The molecule has 0 unspecified atom stereocenters. The van der Waals surface area contributed by atoms with Crippen molar-refractivity contribution in [2.75, 3.05) is 45.1 Å². The van der Waals surface area contributed by atoms with Gasteiger partial charge in [-0.2, -0.15) is 0 Å². The van der Waals surface area contributed by atoms with Crippen molar-refractivity contribution in [3.8, 4) is 0 Å². The van der Waals surface area contributed by atoms with Gasteiger partial charge >= 0.3 is 0 Å². The fourth-order valence-electron chi connectivity index (χ4n) is 6.89. The molecule has 2 aromatic carbocycles. The van der Waals surface area contributed by atoms with Crippen LogP contribution >= 0.6 is 23.2 Å². The molecule has 0 saturated carbocycles. The molecular weight excluding hydrogens is 550 g/mol. The first-order chi connectivity index (χ1) is 18.9. The molecule has 3 aliphatic heterocycles. The van der Waals surface area contributed by atoms with Crippen molar-refractivity contribution < 1.29 is 14.0 Å². The monoisotopic (exact) mass is 588 g/mol. The van der Waals surface area contributed by atoms with Crippen LogP contribution in [0.15, 0.2) is 36.4 Å². The standard InChI is InChI=1S/C31H39Cl2FN4O2/c1-30(2,3)18-26-31(21-16-23(34)22(33)17-24(21)35-29(31)40)27(19-7-5-8-20(32)15-19)28(36-26)25(39)9-6-10-38-13-11-37(4)12-14-38/h5,7-8,15-17,26-28,36H,6,9-14,18H2,1-4H3,(H,35,40)/t26-,27+,28+,31+/m1/s1. The minimum atomic E-state index is -1.21. The Balaban J connectivity index is 1.55. The number of fused-ring (bicyclic) bond motifs is 2. The minimum absolute atomic E-state index is 0.0507. The van der Waals surface area contributed by atoms with Crippen molar-refractivity contribution in [3.63, 3.8) is 0 Å². The van der Waals surface area contributed by atoms with E-state index in [1.54, 1.807) is 6.07 Å². The number of Topliss-reactive ketones (excluding diaryl/α,β-unsaturated/α-hetero) is 1. The molecular formula is C31H39Cl2FN4O2. The molecule has 1 amide bonds. The van der Waals surface area contributed by atoms with Crippen LogP contribution in [0.25, 0.3) is 0 Å². The van der Waals surface area contributed by atoms with Crippen LogP contribution in [0.2, 0.25) is 10.0 Å². The van der Waals surface area contributed by atoms with Gasteiger partial charge in [-0.25, -0.2) is 4.39 Å². The minimum Gasteiger partial charge on any atom is -0.325 e. The number of amides is 1. The van der Waals surface area contributed by atoms with Crippen LogP contribution in [0.3, 0.4) is 0 Å². The van der Waals surface area contributed by atoms with Crippen molar-refractivity contribution >= 4 is 40.6 Å². The van der Waals surface area contributed by atoms with Gasteiger partial charge in [0.2, 0.25) is 5.91 Å². The molecule has 40 heavy (non-hydrogen) atoms. The summed E-state index contributed by atoms with van der Waals surface area (Å²) in [5.74, 6) is -1.34. The summed E-state index contributed by atoms with van der Waals surface area (Å²) < 4.78 is 15.0. The molecule has 5 rings (SSSR count). The Bertz CT molecular complexity index is 1290. The fourth-order valence-corrected chi connectivity index (χ4v) is 7.25. The van der Waals surface area contributed by atoms with Gasteiger partial charge in [0.1, 0.15) is 17.0 Å². The second-order valence-corrected chi connectivity index (χ2v) is 13.7. The van der Waals surface area contributed by atoms with Crippen molar-refractivity contribution in [1.29, 1.82) is 0 Å². The molecule has 2 aromatic rings. The summed E-state index contributed by atoms with van der Waals surface area (Å²) in [4.78, 5) is 33.0. The van der Waals surface area contributed by atoms with Crippen molar-refractivity contribution in [3.05, 3.63) is 63.4 Å². The molecule has 4 atom stereocenters. The normalized spacial score (nSPS) is 27.3. The number of carbonyl (C=O) groups excluding carboxylic acids is 2. The highest BCUT2D eigenvalue weighted by molar-refractivity contribution is 6.31. The summed E-state index contributed by atoms with van der Waals surface area (Å²) in [6.45, 7) is 11.2. The molecule has 2 saturated heterocycles. The van der Waals surface area contributed by atoms with E-state index >= 15 is 4.39 Å². The maximum absolute atomic E-state index is 15.0. The number of piperazine rings is 1. The molecule has 0 aliphatic carbocycles. The zero-order valence-electron chi connectivity index (χ0n) is 23.7. The van der Waals surface area contributed by atoms with E-state index < -0.39 is 29.2 Å². The first-order valence-corrected chi connectivity index (χ1v) is 14.9. The average molecular weight is 590 g/mol. The lowest BCUT2D eigenvalue weighted by molar-refractivity contribution is -0.122. The first-order valence-electron chi connectivity index (χ1n) is 14.2. The van der Waals surface area contributed by atoms with Gasteiger partial charge in [0, 0.05) is 55.3 Å². The molecule has 216 valence electrons. The summed E-state index contributed by atoms with van der Waals surface area (Å²) in [6.07, 6.45) is 1.74. The Kier molecular flexibility index (Phi) is 8.35. The van der Waals surface area contributed by atoms with Crippen molar-refractivity contribution in [2.24, 2.45) is 5.41 Å². The van der Waals surface area contributed by atoms with Gasteiger partial charge in [0.25, 0.3) is 0 Å². The van der Waals surface area contributed by atoms with Crippen LogP contribution in [0.1, 0.15) is 57.1 Å². The molecule has 1 spiro atoms. The maximum atomic E-state index is 15.0. The quantitative estimate of drug-likeness (QED) is 0.448. The number of anilines is 1. The second kappa shape index (κ2) is 11.3. The van der Waals surface area contributed by atoms with Crippen molar-refractivity contribution in [2.45, 2.75) is 63.5 Å². The first kappa shape index (κ1) is 29.5. The van der Waals surface area contributed by atoms with Gasteiger partial charge < -0.3 is 20.4 Å². The molecule has 0 radical (unpaired) electrons. The van der Waals surface area contributed by atoms with E-state index in [2.05, 4.69) is 48.3 Å². The number of nitrogens with one attached hydrogen (secondary N) is 2. The van der Waals surface area contributed by atoms with E-state index in [0.29, 0.717) is 29.1 Å². The molecule has 6 nitrogen and oxygen atoms in total. The Morgan fingerprint density at radius 3 is 2.52 bits per heavy atom. The van der Waals surface area contributed by atoms with Crippen LogP contribution in [-0.2, 0) is 15.0 Å². The Morgan fingerprint density at radius 1 is 1.12 bits per heavy atom. The van der Waals surface area contributed by atoms with Gasteiger partial charge in [-0.3, -0.25) is 9.59 Å². The Morgan fingerprint density at radius 2 is 1.85 bits per heavy atom. The van der Waals surface area contributed by atoms with Gasteiger partial charge in [0.05, 0.1) is 11.1 Å². The molecule has 0 bridgehead atoms. The third kappa shape index (κ3) is 5.56. The predicted molar refractivity (Wildman–Crippen MR) is 159 cm³/mol. The highest BCUT2D eigenvalue weighted by Crippen LogP contribution is 2.57. The number of ketones is 1. The smallest absolute Gasteiger partial charge is 0.237 e. The number of benzene rings is 2. The lowest BCUT2D eigenvalue weighted by atomic mass is 9.62. The van der Waals surface area contributed by atoms with Crippen LogP contribution in [0.4, 0.5) is 10.1 Å². The third-order valence-corrected chi connectivity index (χ3v) is 9.27. The summed E-state index contributed by atoms with van der Waals surface area (Å²) in [5, 5.41) is 7.08. The fraction of sp³-hybridized carbons (Fsp3) is 0.548. The van der Waals surface area contributed by atoms with Crippen LogP contribution in [0, 0.1) is 11.2 Å². The summed E-state index contributed by atoms with van der Waals surface area (Å²) in [6, 6.07) is 9.19. The summed E-state index contributed by atoms with van der Waals surface area (Å²) in [7, 11) is 2.13. The largest absolute Gasteiger partial charge is 0.325 e. The number of hydrogen-bond acceptors (Lipinski definition) is 5. The van der Waals surface area contributed by atoms with Crippen LogP contribution < -0.4 is 10.6 Å². The topological polar surface area (TPSA) is 64.7 Å². The highest BCUT2D eigenvalue weighted by atomic mass is 35.5. The van der Waals surface area contributed by atoms with Gasteiger partial charge in [0.15, 0.2) is 0 Å². The van der Waals surface area contributed by atoms with Crippen molar-refractivity contribution in [1.82, 2.24) is 15.1 Å². The van der Waals surface area contributed by atoms with Gasteiger partial charge in [-0.1, -0.05) is 56.1 Å². The highest BCUT2D eigenvalue weighted by Gasteiger charge is 2.65. The molecule has 9 heteroatoms. The maximum Gasteiger partial charge on any atom is 0.237 e. The lowest BCUT2D eigenvalue weighted by Crippen LogP contribution is -2.49. The van der Waals surface area contributed by atoms with E-state index in [1.165, 1.54) is 12.1 Å². The molecule has 3 aliphatic rings. The Labute approximate surface area is 246 Å². The summed E-state index contributed by atoms with van der Waals surface area (Å²) >= 11 is 12.6. The number of carbonyl (C=O) groups is 2. The zero-order valence-corrected chi connectivity index (χ0v) is 25.2. The molecule has 3 heterocycles. The number of nitrogens with zero attached hydrogens (tertiary/aromatic N) is 2. The average Bonchev–Trinajstić information content (AvgIpc) is 3.35. The predicted octanol–water partition coefficient (Wildman–Crippen LogP) is 5.48. The number of halogens is 3. The van der Waals surface area contributed by atoms with E-state index in [0.717, 1.165) is 44.7 Å². The van der Waals surface area contributed by atoms with Crippen LogP contribution in [0.5, 0.6) is 0 Å². The van der Waals surface area contributed by atoms with Crippen LogP contribution in [-0.4, -0.2) is 73.3 Å². The van der Waals surface area contributed by atoms with E-state index in [-0.39, 0.29) is 22.1 Å². The van der Waals surface area contributed by atoms with Gasteiger partial charge in [-0.15, -0.1) is 0 Å². The SMILES string of the molecule is CN1CCN(CCCC(=O)[C@@H]2N[C@H](CC(C)(C)C)[C@]3(C(=O)Nc4cc(Cl)c(F)cc43)[C@H]2c2cccc(Cl)c2)CC1. The number of likely N-dealkylation sites (N-methyl/N-ethyl adjacent to an activating group) is 1. The zero-order chi connectivity index (χ0) is 28.8. The molecule has 2 N–H and O–H groups in total. The Hall–Kier alpha value is -2.03. The number of hydrogen-bond donors (Lipinski definition) is 2. The third-order valence-electron chi connectivity index (χ3n) is 8.75. The van der Waals surface area contributed by atoms with E-state index in [4.69, 9.17) is 23.2 Å².